The molecule has 2 atom stereocenters. The summed E-state index contributed by atoms with van der Waals surface area (Å²) in [5, 5.41) is 6.94. The first kappa shape index (κ1) is 11.0. The van der Waals surface area contributed by atoms with Crippen LogP contribution in [-0.2, 0) is 4.74 Å². The Labute approximate surface area is 81.2 Å². The molecule has 1 saturated heterocycles. The smallest absolute Gasteiger partial charge is 0.0632 e. The van der Waals surface area contributed by atoms with E-state index in [-0.39, 0.29) is 0 Å². The van der Waals surface area contributed by atoms with Gasteiger partial charge in [0.2, 0.25) is 0 Å². The van der Waals surface area contributed by atoms with Crippen LogP contribution in [0, 0.1) is 0 Å². The second-order valence-corrected chi connectivity index (χ2v) is 3.82. The molecule has 2 N–H and O–H groups in total. The van der Waals surface area contributed by atoms with Crippen molar-refractivity contribution >= 4 is 0 Å². The zero-order chi connectivity index (χ0) is 9.52. The minimum atomic E-state index is 0.507. The van der Waals surface area contributed by atoms with Crippen LogP contribution >= 0.6 is 0 Å². The molecule has 1 aliphatic rings. The zero-order valence-corrected chi connectivity index (χ0v) is 8.81. The fourth-order valence-corrected chi connectivity index (χ4v) is 1.63. The molecule has 0 aromatic rings. The van der Waals surface area contributed by atoms with E-state index in [2.05, 4.69) is 24.5 Å². The van der Waals surface area contributed by atoms with E-state index >= 15 is 0 Å². The van der Waals surface area contributed by atoms with Crippen LogP contribution < -0.4 is 10.6 Å². The van der Waals surface area contributed by atoms with Crippen LogP contribution in [0.15, 0.2) is 0 Å². The van der Waals surface area contributed by atoms with Gasteiger partial charge in [0.1, 0.15) is 0 Å². The van der Waals surface area contributed by atoms with E-state index in [1.54, 1.807) is 0 Å². The Hall–Kier alpha value is -0.120. The highest BCUT2D eigenvalue weighted by Gasteiger charge is 2.12. The summed E-state index contributed by atoms with van der Waals surface area (Å²) in [5.41, 5.74) is 0. The third-order valence-corrected chi connectivity index (χ3v) is 2.43. The molecule has 78 valence electrons. The first-order valence-corrected chi connectivity index (χ1v) is 5.37. The van der Waals surface area contributed by atoms with Gasteiger partial charge in [-0.3, -0.25) is 0 Å². The van der Waals surface area contributed by atoms with Gasteiger partial charge in [-0.2, -0.15) is 0 Å². The van der Waals surface area contributed by atoms with Gasteiger partial charge in [-0.1, -0.05) is 13.3 Å². The second kappa shape index (κ2) is 6.35. The molecule has 2 unspecified atom stereocenters. The summed E-state index contributed by atoms with van der Waals surface area (Å²) in [6.45, 7) is 8.20. The standard InChI is InChI=1S/C10H22N2O/c1-3-4-9(2)12-7-10-8-13-6-5-11-10/h9-12H,3-8H2,1-2H3. The fraction of sp³-hybridized carbons (Fsp3) is 1.00. The molecule has 0 bridgehead atoms. The van der Waals surface area contributed by atoms with Gasteiger partial charge < -0.3 is 15.4 Å². The molecule has 3 nitrogen and oxygen atoms in total. The highest BCUT2D eigenvalue weighted by molar-refractivity contribution is 4.74. The lowest BCUT2D eigenvalue weighted by atomic mass is 10.2. The van der Waals surface area contributed by atoms with Crippen molar-refractivity contribution in [3.63, 3.8) is 0 Å². The Morgan fingerprint density at radius 1 is 1.62 bits per heavy atom. The SMILES string of the molecule is CCCC(C)NCC1COCCN1. The van der Waals surface area contributed by atoms with Crippen molar-refractivity contribution in [2.24, 2.45) is 0 Å². The third kappa shape index (κ3) is 4.60. The monoisotopic (exact) mass is 186 g/mol. The molecule has 0 saturated carbocycles. The zero-order valence-electron chi connectivity index (χ0n) is 8.81. The largest absolute Gasteiger partial charge is 0.378 e. The molecule has 0 aromatic carbocycles. The minimum absolute atomic E-state index is 0.507. The lowest BCUT2D eigenvalue weighted by Crippen LogP contribution is -2.48. The first-order valence-electron chi connectivity index (χ1n) is 5.37. The molecule has 0 amide bonds. The number of hydrogen-bond donors (Lipinski definition) is 2. The van der Waals surface area contributed by atoms with Crippen LogP contribution in [0.5, 0.6) is 0 Å². The maximum Gasteiger partial charge on any atom is 0.0632 e. The van der Waals surface area contributed by atoms with E-state index < -0.39 is 0 Å². The van der Waals surface area contributed by atoms with Gasteiger partial charge in [-0.05, 0) is 13.3 Å². The first-order chi connectivity index (χ1) is 6.33. The van der Waals surface area contributed by atoms with Gasteiger partial charge in [0.25, 0.3) is 0 Å². The molecule has 0 aliphatic carbocycles. The molecule has 1 heterocycles. The second-order valence-electron chi connectivity index (χ2n) is 3.82. The summed E-state index contributed by atoms with van der Waals surface area (Å²) < 4.78 is 5.37. The molecule has 0 aromatic heterocycles. The Morgan fingerprint density at radius 2 is 2.46 bits per heavy atom. The van der Waals surface area contributed by atoms with Gasteiger partial charge in [0, 0.05) is 25.2 Å². The highest BCUT2D eigenvalue weighted by Crippen LogP contribution is 1.96. The van der Waals surface area contributed by atoms with E-state index in [0.29, 0.717) is 12.1 Å². The van der Waals surface area contributed by atoms with Gasteiger partial charge >= 0.3 is 0 Å². The van der Waals surface area contributed by atoms with Crippen LogP contribution in [0.3, 0.4) is 0 Å². The third-order valence-electron chi connectivity index (χ3n) is 2.43. The lowest BCUT2D eigenvalue weighted by Gasteiger charge is -2.25. The molecule has 13 heavy (non-hydrogen) atoms. The van der Waals surface area contributed by atoms with Crippen molar-refractivity contribution in [2.75, 3.05) is 26.3 Å². The van der Waals surface area contributed by atoms with Crippen LogP contribution in [0.1, 0.15) is 26.7 Å². The van der Waals surface area contributed by atoms with Crippen LogP contribution in [0.25, 0.3) is 0 Å². The van der Waals surface area contributed by atoms with E-state index in [9.17, 15) is 0 Å². The molecule has 3 heteroatoms. The summed E-state index contributed by atoms with van der Waals surface area (Å²) >= 11 is 0. The molecule has 1 aliphatic heterocycles. The van der Waals surface area contributed by atoms with Crippen molar-refractivity contribution in [3.8, 4) is 0 Å². The Bertz CT molecular complexity index is 124. The van der Waals surface area contributed by atoms with Crippen molar-refractivity contribution in [1.82, 2.24) is 10.6 Å². The number of hydrogen-bond acceptors (Lipinski definition) is 3. The van der Waals surface area contributed by atoms with Crippen molar-refractivity contribution < 1.29 is 4.74 Å². The maximum atomic E-state index is 5.37. The lowest BCUT2D eigenvalue weighted by molar-refractivity contribution is 0.0759. The minimum Gasteiger partial charge on any atom is -0.378 e. The average molecular weight is 186 g/mol. The summed E-state index contributed by atoms with van der Waals surface area (Å²) in [4.78, 5) is 0. The quantitative estimate of drug-likeness (QED) is 0.665. The molecule has 0 radical (unpaired) electrons. The molecule has 1 rings (SSSR count). The Morgan fingerprint density at radius 3 is 3.08 bits per heavy atom. The molecular weight excluding hydrogens is 164 g/mol. The van der Waals surface area contributed by atoms with Crippen LogP contribution in [0.4, 0.5) is 0 Å². The van der Waals surface area contributed by atoms with Crippen LogP contribution in [0.2, 0.25) is 0 Å². The molecule has 1 fully saturated rings. The molecule has 0 spiro atoms. The predicted molar refractivity (Wildman–Crippen MR) is 55.0 cm³/mol. The van der Waals surface area contributed by atoms with Gasteiger partial charge in [-0.15, -0.1) is 0 Å². The highest BCUT2D eigenvalue weighted by atomic mass is 16.5. The topological polar surface area (TPSA) is 33.3 Å². The van der Waals surface area contributed by atoms with Crippen molar-refractivity contribution in [1.29, 1.82) is 0 Å². The van der Waals surface area contributed by atoms with Crippen molar-refractivity contribution in [2.45, 2.75) is 38.8 Å². The summed E-state index contributed by atoms with van der Waals surface area (Å²) in [6.07, 6.45) is 2.51. The summed E-state index contributed by atoms with van der Waals surface area (Å²) in [7, 11) is 0. The normalized spacial score (nSPS) is 25.8. The number of rotatable bonds is 5. The van der Waals surface area contributed by atoms with E-state index in [1.165, 1.54) is 12.8 Å². The van der Waals surface area contributed by atoms with Crippen LogP contribution in [-0.4, -0.2) is 38.4 Å². The van der Waals surface area contributed by atoms with Gasteiger partial charge in [0.15, 0.2) is 0 Å². The average Bonchev–Trinajstić information content (AvgIpc) is 2.17. The maximum absolute atomic E-state index is 5.37. The number of ether oxygens (including phenoxy) is 1. The number of morpholine rings is 1. The summed E-state index contributed by atoms with van der Waals surface area (Å²) in [5.74, 6) is 0. The Kier molecular flexibility index (Phi) is 5.35. The van der Waals surface area contributed by atoms with E-state index in [1.807, 2.05) is 0 Å². The molecular formula is C10H22N2O. The summed E-state index contributed by atoms with van der Waals surface area (Å²) in [6, 6.07) is 1.14. The van der Waals surface area contributed by atoms with E-state index in [4.69, 9.17) is 4.74 Å². The van der Waals surface area contributed by atoms with E-state index in [0.717, 1.165) is 26.3 Å². The fourth-order valence-electron chi connectivity index (χ4n) is 1.63. The van der Waals surface area contributed by atoms with Gasteiger partial charge in [-0.25, -0.2) is 0 Å². The number of nitrogens with one attached hydrogen (secondary N) is 2. The van der Waals surface area contributed by atoms with Gasteiger partial charge in [0.05, 0.1) is 13.2 Å². The Balaban J connectivity index is 2.03. The van der Waals surface area contributed by atoms with Crippen molar-refractivity contribution in [3.05, 3.63) is 0 Å². The predicted octanol–water partition coefficient (Wildman–Crippen LogP) is 0.753.